The van der Waals surface area contributed by atoms with Gasteiger partial charge >= 0.3 is 0 Å². The second-order valence-corrected chi connectivity index (χ2v) is 6.52. The zero-order valence-corrected chi connectivity index (χ0v) is 12.7. The largest absolute Gasteiger partial charge is 0.324 e. The molecule has 0 aromatic heterocycles. The fourth-order valence-electron chi connectivity index (χ4n) is 1.88. The van der Waals surface area contributed by atoms with Gasteiger partial charge in [0, 0.05) is 0 Å². The van der Waals surface area contributed by atoms with Gasteiger partial charge in [-0.2, -0.15) is 0 Å². The standard InChI is InChI=1S/C15H15FN2O3S/c1-22(20,21)18-13-8-7-12(16)10-14(13)17-15(19)9-11-5-3-2-4-6-11/h2-8,10,18H,9H2,1H3,(H,17,19). The summed E-state index contributed by atoms with van der Waals surface area (Å²) < 4.78 is 38.2. The van der Waals surface area contributed by atoms with E-state index in [0.717, 1.165) is 24.0 Å². The molecule has 2 N–H and O–H groups in total. The number of benzene rings is 2. The van der Waals surface area contributed by atoms with E-state index in [0.29, 0.717) is 0 Å². The van der Waals surface area contributed by atoms with Gasteiger partial charge in [0.05, 0.1) is 24.1 Å². The molecule has 22 heavy (non-hydrogen) atoms. The molecule has 0 atom stereocenters. The second kappa shape index (κ2) is 6.57. The molecule has 0 aliphatic heterocycles. The van der Waals surface area contributed by atoms with E-state index in [1.165, 1.54) is 6.07 Å². The smallest absolute Gasteiger partial charge is 0.229 e. The van der Waals surface area contributed by atoms with Crippen LogP contribution in [0.15, 0.2) is 48.5 Å². The summed E-state index contributed by atoms with van der Waals surface area (Å²) in [5.41, 5.74) is 0.991. The minimum Gasteiger partial charge on any atom is -0.324 e. The zero-order valence-electron chi connectivity index (χ0n) is 11.8. The first-order valence-corrected chi connectivity index (χ1v) is 8.34. The van der Waals surface area contributed by atoms with Gasteiger partial charge in [-0.25, -0.2) is 12.8 Å². The Morgan fingerprint density at radius 1 is 1.09 bits per heavy atom. The third-order valence-corrected chi connectivity index (χ3v) is 3.35. The van der Waals surface area contributed by atoms with Crippen molar-refractivity contribution >= 4 is 27.3 Å². The van der Waals surface area contributed by atoms with Crippen LogP contribution in [0.25, 0.3) is 0 Å². The second-order valence-electron chi connectivity index (χ2n) is 4.77. The van der Waals surface area contributed by atoms with Crippen LogP contribution in [0.3, 0.4) is 0 Å². The molecule has 2 aromatic rings. The van der Waals surface area contributed by atoms with Crippen molar-refractivity contribution in [3.8, 4) is 0 Å². The van der Waals surface area contributed by atoms with Gasteiger partial charge < -0.3 is 5.32 Å². The number of hydrogen-bond acceptors (Lipinski definition) is 3. The molecule has 0 saturated heterocycles. The van der Waals surface area contributed by atoms with E-state index in [1.807, 2.05) is 6.07 Å². The van der Waals surface area contributed by atoms with Gasteiger partial charge in [0.1, 0.15) is 5.82 Å². The average Bonchev–Trinajstić information content (AvgIpc) is 2.41. The van der Waals surface area contributed by atoms with Crippen LogP contribution in [-0.4, -0.2) is 20.6 Å². The SMILES string of the molecule is CS(=O)(=O)Nc1ccc(F)cc1NC(=O)Cc1ccccc1. The maximum atomic E-state index is 13.3. The highest BCUT2D eigenvalue weighted by molar-refractivity contribution is 7.92. The Kier molecular flexibility index (Phi) is 4.77. The quantitative estimate of drug-likeness (QED) is 0.887. The zero-order chi connectivity index (χ0) is 16.2. The molecular formula is C15H15FN2O3S. The van der Waals surface area contributed by atoms with Crippen LogP contribution < -0.4 is 10.0 Å². The molecule has 0 bridgehead atoms. The molecule has 1 amide bonds. The predicted octanol–water partition coefficient (Wildman–Crippen LogP) is 2.38. The molecule has 2 aromatic carbocycles. The lowest BCUT2D eigenvalue weighted by atomic mass is 10.1. The number of rotatable bonds is 5. The summed E-state index contributed by atoms with van der Waals surface area (Å²) in [5, 5.41) is 2.52. The van der Waals surface area contributed by atoms with Gasteiger partial charge in [0.2, 0.25) is 15.9 Å². The number of carbonyl (C=O) groups is 1. The molecule has 0 aliphatic rings. The van der Waals surface area contributed by atoms with Crippen molar-refractivity contribution in [3.63, 3.8) is 0 Å². The number of amides is 1. The summed E-state index contributed by atoms with van der Waals surface area (Å²) >= 11 is 0. The molecule has 0 aliphatic carbocycles. The van der Waals surface area contributed by atoms with Crippen molar-refractivity contribution in [1.82, 2.24) is 0 Å². The number of anilines is 2. The van der Waals surface area contributed by atoms with Crippen LogP contribution in [0.1, 0.15) is 5.56 Å². The number of carbonyl (C=O) groups excluding carboxylic acids is 1. The van der Waals surface area contributed by atoms with Crippen LogP contribution >= 0.6 is 0 Å². The highest BCUT2D eigenvalue weighted by atomic mass is 32.2. The summed E-state index contributed by atoms with van der Waals surface area (Å²) in [6.07, 6.45) is 1.08. The van der Waals surface area contributed by atoms with Gasteiger partial charge in [0.25, 0.3) is 0 Å². The first-order chi connectivity index (χ1) is 10.3. The molecule has 5 nitrogen and oxygen atoms in total. The lowest BCUT2D eigenvalue weighted by Crippen LogP contribution is -2.17. The van der Waals surface area contributed by atoms with E-state index in [1.54, 1.807) is 24.3 Å². The van der Waals surface area contributed by atoms with E-state index < -0.39 is 15.8 Å². The van der Waals surface area contributed by atoms with Gasteiger partial charge in [-0.05, 0) is 23.8 Å². The van der Waals surface area contributed by atoms with Crippen molar-refractivity contribution in [3.05, 3.63) is 59.9 Å². The number of hydrogen-bond donors (Lipinski definition) is 2. The van der Waals surface area contributed by atoms with Crippen molar-refractivity contribution in [2.75, 3.05) is 16.3 Å². The number of halogens is 1. The van der Waals surface area contributed by atoms with Gasteiger partial charge in [-0.1, -0.05) is 30.3 Å². The summed E-state index contributed by atoms with van der Waals surface area (Å²) in [5.74, 6) is -0.942. The molecular weight excluding hydrogens is 307 g/mol. The van der Waals surface area contributed by atoms with Gasteiger partial charge in [-0.15, -0.1) is 0 Å². The van der Waals surface area contributed by atoms with E-state index in [-0.39, 0.29) is 23.7 Å². The number of nitrogens with one attached hydrogen (secondary N) is 2. The normalized spacial score (nSPS) is 11.0. The summed E-state index contributed by atoms with van der Waals surface area (Å²) in [6, 6.07) is 12.5. The Hall–Kier alpha value is -2.41. The first kappa shape index (κ1) is 16.0. The maximum absolute atomic E-state index is 13.3. The van der Waals surface area contributed by atoms with E-state index in [4.69, 9.17) is 0 Å². The highest BCUT2D eigenvalue weighted by Crippen LogP contribution is 2.24. The first-order valence-electron chi connectivity index (χ1n) is 6.44. The molecule has 0 radical (unpaired) electrons. The van der Waals surface area contributed by atoms with Crippen molar-refractivity contribution in [1.29, 1.82) is 0 Å². The Bertz CT molecular complexity index is 777. The van der Waals surface area contributed by atoms with Crippen LogP contribution in [0.4, 0.5) is 15.8 Å². The Labute approximate surface area is 128 Å². The third-order valence-electron chi connectivity index (χ3n) is 2.76. The summed E-state index contributed by atoms with van der Waals surface area (Å²) in [4.78, 5) is 12.0. The van der Waals surface area contributed by atoms with Gasteiger partial charge in [0.15, 0.2) is 0 Å². The minimum absolute atomic E-state index is 0.0753. The van der Waals surface area contributed by atoms with Crippen molar-refractivity contribution < 1.29 is 17.6 Å². The molecule has 0 unspecified atom stereocenters. The Morgan fingerprint density at radius 3 is 2.41 bits per heavy atom. The van der Waals surface area contributed by atoms with Crippen LogP contribution in [-0.2, 0) is 21.2 Å². The van der Waals surface area contributed by atoms with Crippen LogP contribution in [0.2, 0.25) is 0 Å². The van der Waals surface area contributed by atoms with E-state index in [9.17, 15) is 17.6 Å². The van der Waals surface area contributed by atoms with Crippen LogP contribution in [0, 0.1) is 5.82 Å². The molecule has 0 spiro atoms. The van der Waals surface area contributed by atoms with Crippen LogP contribution in [0.5, 0.6) is 0 Å². The van der Waals surface area contributed by atoms with Gasteiger partial charge in [-0.3, -0.25) is 9.52 Å². The molecule has 7 heteroatoms. The fraction of sp³-hybridized carbons (Fsp3) is 0.133. The molecule has 2 rings (SSSR count). The maximum Gasteiger partial charge on any atom is 0.229 e. The molecule has 116 valence electrons. The lowest BCUT2D eigenvalue weighted by molar-refractivity contribution is -0.115. The minimum atomic E-state index is -3.53. The Morgan fingerprint density at radius 2 is 1.77 bits per heavy atom. The lowest BCUT2D eigenvalue weighted by Gasteiger charge is -2.12. The Balaban J connectivity index is 2.17. The third kappa shape index (κ3) is 4.85. The monoisotopic (exact) mass is 322 g/mol. The summed E-state index contributed by atoms with van der Waals surface area (Å²) in [7, 11) is -3.53. The highest BCUT2D eigenvalue weighted by Gasteiger charge is 2.12. The van der Waals surface area contributed by atoms with Crippen molar-refractivity contribution in [2.24, 2.45) is 0 Å². The molecule has 0 heterocycles. The molecule has 0 saturated carbocycles. The van der Waals surface area contributed by atoms with E-state index >= 15 is 0 Å². The predicted molar refractivity (Wildman–Crippen MR) is 83.6 cm³/mol. The van der Waals surface area contributed by atoms with E-state index in [2.05, 4.69) is 10.0 Å². The fourth-order valence-corrected chi connectivity index (χ4v) is 2.46. The summed E-state index contributed by atoms with van der Waals surface area (Å²) in [6.45, 7) is 0. The topological polar surface area (TPSA) is 75.3 Å². The van der Waals surface area contributed by atoms with Crippen molar-refractivity contribution in [2.45, 2.75) is 6.42 Å². The number of sulfonamides is 1. The molecule has 0 fully saturated rings. The average molecular weight is 322 g/mol.